The molecule has 0 aliphatic carbocycles. The number of aromatic nitrogens is 1. The second kappa shape index (κ2) is 11.1. The number of carbonyl (C=O) groups is 1. The zero-order chi connectivity index (χ0) is 32.8. The van der Waals surface area contributed by atoms with Crippen LogP contribution in [0.1, 0.15) is 11.1 Å². The zero-order valence-electron chi connectivity index (χ0n) is 22.0. The molecule has 5 rings (SSSR count). The van der Waals surface area contributed by atoms with E-state index in [-0.39, 0.29) is 27.7 Å². The molecule has 0 unspecified atom stereocenters. The summed E-state index contributed by atoms with van der Waals surface area (Å²) < 4.78 is 114. The molecule has 0 aliphatic rings. The Morgan fingerprint density at radius 1 is 0.778 bits per heavy atom. The quantitative estimate of drug-likeness (QED) is 0.0768. The average molecular weight is 637 g/mol. The van der Waals surface area contributed by atoms with Crippen LogP contribution in [-0.2, 0) is 12.4 Å². The minimum Gasteiger partial charge on any atom is -0.505 e. The fraction of sp³-hybridized carbons (Fsp3) is 0.0690. The Labute approximate surface area is 245 Å². The molecule has 4 aromatic carbocycles. The number of aromatic hydroxyl groups is 2. The average Bonchev–Trinajstić information content (AvgIpc) is 3.23. The molecule has 0 atom stereocenters. The van der Waals surface area contributed by atoms with Crippen LogP contribution in [0.5, 0.6) is 17.4 Å². The van der Waals surface area contributed by atoms with Gasteiger partial charge in [0.05, 0.1) is 16.6 Å². The van der Waals surface area contributed by atoms with Gasteiger partial charge in [-0.3, -0.25) is 4.57 Å². The lowest BCUT2D eigenvalue weighted by molar-refractivity contribution is -0.138. The van der Waals surface area contributed by atoms with Gasteiger partial charge in [-0.25, -0.2) is 13.6 Å². The molecule has 5 aromatic rings. The number of hydrogen-bond acceptors (Lipinski definition) is 6. The third-order valence-corrected chi connectivity index (χ3v) is 6.45. The van der Waals surface area contributed by atoms with Crippen LogP contribution in [0, 0.1) is 11.6 Å². The van der Waals surface area contributed by atoms with E-state index < -0.39 is 70.0 Å². The summed E-state index contributed by atoms with van der Waals surface area (Å²) >= 11 is 0. The molecule has 0 saturated carbocycles. The van der Waals surface area contributed by atoms with E-state index in [1.165, 1.54) is 0 Å². The lowest BCUT2D eigenvalue weighted by atomic mass is 10.0. The minimum absolute atomic E-state index is 0.109. The molecule has 16 heteroatoms. The molecule has 0 saturated heterocycles. The summed E-state index contributed by atoms with van der Waals surface area (Å²) in [5, 5.41) is 38.0. The Balaban J connectivity index is 1.65. The number of rotatable bonds is 5. The highest BCUT2D eigenvalue weighted by atomic mass is 19.4. The molecule has 0 aliphatic heterocycles. The van der Waals surface area contributed by atoms with E-state index in [1.54, 1.807) is 0 Å². The first-order chi connectivity index (χ1) is 21.0. The number of carboxylic acid groups (broad SMARTS) is 1. The van der Waals surface area contributed by atoms with Gasteiger partial charge < -0.3 is 20.1 Å². The summed E-state index contributed by atoms with van der Waals surface area (Å²) in [7, 11) is 0. The number of phenols is 1. The topological polar surface area (TPSA) is 117 Å². The molecule has 0 fully saturated rings. The number of phenolic OH excluding ortho intramolecular Hbond substituents is 1. The number of halogens is 8. The first kappa shape index (κ1) is 30.8. The third kappa shape index (κ3) is 6.07. The van der Waals surface area contributed by atoms with E-state index in [4.69, 9.17) is 5.11 Å². The summed E-state index contributed by atoms with van der Waals surface area (Å²) in [5.41, 5.74) is -4.18. The predicted octanol–water partition coefficient (Wildman–Crippen LogP) is 9.50. The fourth-order valence-electron chi connectivity index (χ4n) is 4.42. The number of nitrogens with zero attached hydrogens (tertiary/aromatic N) is 3. The highest BCUT2D eigenvalue weighted by molar-refractivity contribution is 5.97. The van der Waals surface area contributed by atoms with Gasteiger partial charge in [0.25, 0.3) is 0 Å². The smallest absolute Gasteiger partial charge is 0.505 e. The van der Waals surface area contributed by atoms with E-state index in [2.05, 4.69) is 15.0 Å². The molecule has 0 radical (unpaired) electrons. The lowest BCUT2D eigenvalue weighted by Gasteiger charge is -2.11. The molecule has 8 nitrogen and oxygen atoms in total. The van der Waals surface area contributed by atoms with Crippen LogP contribution in [0.2, 0.25) is 0 Å². The van der Waals surface area contributed by atoms with E-state index >= 15 is 0 Å². The van der Waals surface area contributed by atoms with Crippen molar-refractivity contribution in [3.63, 3.8) is 0 Å². The van der Waals surface area contributed by atoms with E-state index in [0.717, 1.165) is 47.0 Å². The number of azo groups is 1. The Morgan fingerprint density at radius 3 is 2.04 bits per heavy atom. The van der Waals surface area contributed by atoms with Crippen molar-refractivity contribution in [3.8, 4) is 34.2 Å². The summed E-state index contributed by atoms with van der Waals surface area (Å²) in [6.45, 7) is 0. The van der Waals surface area contributed by atoms with Gasteiger partial charge >= 0.3 is 18.5 Å². The fourth-order valence-corrected chi connectivity index (χ4v) is 4.42. The molecule has 0 bridgehead atoms. The first-order valence-electron chi connectivity index (χ1n) is 12.3. The minimum atomic E-state index is -4.83. The van der Waals surface area contributed by atoms with Crippen LogP contribution in [0.25, 0.3) is 27.7 Å². The van der Waals surface area contributed by atoms with E-state index in [0.29, 0.717) is 30.3 Å². The highest BCUT2D eigenvalue weighted by Crippen LogP contribution is 2.46. The van der Waals surface area contributed by atoms with Crippen molar-refractivity contribution < 1.29 is 60.0 Å². The summed E-state index contributed by atoms with van der Waals surface area (Å²) in [4.78, 5) is 10.9. The Bertz CT molecular complexity index is 1980. The molecular formula is C29H15F8N3O5. The van der Waals surface area contributed by atoms with Crippen molar-refractivity contribution in [1.82, 2.24) is 4.57 Å². The van der Waals surface area contributed by atoms with Gasteiger partial charge in [0.1, 0.15) is 11.5 Å². The largest absolute Gasteiger partial charge is 0.511 e. The van der Waals surface area contributed by atoms with Gasteiger partial charge in [0.15, 0.2) is 23.0 Å². The summed E-state index contributed by atoms with van der Waals surface area (Å²) in [5.74, 6) is -4.44. The molecule has 1 heterocycles. The van der Waals surface area contributed by atoms with Gasteiger partial charge in [0, 0.05) is 22.7 Å². The molecule has 232 valence electrons. The maximum absolute atomic E-state index is 14.6. The molecule has 3 N–H and O–H groups in total. The third-order valence-electron chi connectivity index (χ3n) is 6.45. The Hall–Kier alpha value is -5.67. The number of fused-ring (bicyclic) bond motifs is 1. The second-order valence-electron chi connectivity index (χ2n) is 9.32. The number of benzene rings is 4. The lowest BCUT2D eigenvalue weighted by Crippen LogP contribution is -2.06. The van der Waals surface area contributed by atoms with Crippen LogP contribution in [-0.4, -0.2) is 26.0 Å². The summed E-state index contributed by atoms with van der Waals surface area (Å²) in [6.07, 6.45) is -11.4. The zero-order valence-corrected chi connectivity index (χ0v) is 22.0. The number of alkyl halides is 6. The van der Waals surface area contributed by atoms with E-state index in [1.807, 2.05) is 0 Å². The molecule has 0 spiro atoms. The molecule has 0 amide bonds. The Kier molecular flexibility index (Phi) is 7.60. The monoisotopic (exact) mass is 637 g/mol. The van der Waals surface area contributed by atoms with Crippen molar-refractivity contribution in [3.05, 3.63) is 95.6 Å². The van der Waals surface area contributed by atoms with Crippen molar-refractivity contribution >= 4 is 28.4 Å². The van der Waals surface area contributed by atoms with Gasteiger partial charge in [-0.1, -0.05) is 6.07 Å². The van der Waals surface area contributed by atoms with Gasteiger partial charge in [0.2, 0.25) is 5.88 Å². The van der Waals surface area contributed by atoms with Crippen molar-refractivity contribution in [2.75, 3.05) is 0 Å². The van der Waals surface area contributed by atoms with Crippen LogP contribution < -0.4 is 4.74 Å². The van der Waals surface area contributed by atoms with Crippen LogP contribution >= 0.6 is 0 Å². The van der Waals surface area contributed by atoms with Crippen molar-refractivity contribution in [2.45, 2.75) is 12.4 Å². The number of hydrogen-bond donors (Lipinski definition) is 3. The SMILES string of the molecule is O=C(O)Oc1cc(-c2cc(F)cc(N=Nc3c(O)n(-c4ccc(C(F)(F)F)cc4)c4cc(C(F)(F)F)ccc34)c2O)ccc1F. The maximum Gasteiger partial charge on any atom is 0.511 e. The molecular weight excluding hydrogens is 622 g/mol. The summed E-state index contributed by atoms with van der Waals surface area (Å²) in [6, 6.07) is 9.62. The maximum atomic E-state index is 14.6. The standard InChI is InChI=1S/C29H15F8N3O5/c30-16-11-19(13-1-8-20(31)23(9-13)45-27(43)44)25(41)21(12-16)38-39-24-18-7-4-15(29(35,36)37)10-22(18)40(26(24)42)17-5-2-14(3-6-17)28(32,33)34/h1-12,41-42H,(H,43,44). The highest BCUT2D eigenvalue weighted by Gasteiger charge is 2.33. The van der Waals surface area contributed by atoms with Gasteiger partial charge in [-0.15, -0.1) is 10.2 Å². The van der Waals surface area contributed by atoms with E-state index in [9.17, 15) is 50.1 Å². The predicted molar refractivity (Wildman–Crippen MR) is 141 cm³/mol. The van der Waals surface area contributed by atoms with Crippen LogP contribution in [0.4, 0.5) is 51.3 Å². The number of ether oxygens (including phenoxy) is 1. The van der Waals surface area contributed by atoms with Crippen molar-refractivity contribution in [1.29, 1.82) is 0 Å². The van der Waals surface area contributed by atoms with Gasteiger partial charge in [-0.05, 0) is 66.2 Å². The Morgan fingerprint density at radius 2 is 1.42 bits per heavy atom. The van der Waals surface area contributed by atoms with Crippen LogP contribution in [0.3, 0.4) is 0 Å². The normalized spacial score (nSPS) is 12.3. The van der Waals surface area contributed by atoms with Crippen molar-refractivity contribution in [2.24, 2.45) is 10.2 Å². The molecule has 1 aromatic heterocycles. The second-order valence-corrected chi connectivity index (χ2v) is 9.32. The first-order valence-corrected chi connectivity index (χ1v) is 12.3. The van der Waals surface area contributed by atoms with Crippen LogP contribution in [0.15, 0.2) is 83.0 Å². The van der Waals surface area contributed by atoms with Gasteiger partial charge in [-0.2, -0.15) is 26.3 Å². The molecule has 45 heavy (non-hydrogen) atoms.